The van der Waals surface area contributed by atoms with Crippen LogP contribution in [0.3, 0.4) is 0 Å². The molecule has 4 heteroatoms. The van der Waals surface area contributed by atoms with Crippen molar-refractivity contribution in [3.8, 4) is 0 Å². The number of carbonyl (C=O) groups excluding carboxylic acids is 1. The van der Waals surface area contributed by atoms with E-state index in [0.717, 1.165) is 51.0 Å². The molecule has 0 radical (unpaired) electrons. The molecule has 144 valence electrons. The third-order valence-corrected chi connectivity index (χ3v) is 5.12. The van der Waals surface area contributed by atoms with E-state index in [-0.39, 0.29) is 6.03 Å². The van der Waals surface area contributed by atoms with Gasteiger partial charge < -0.3 is 15.5 Å². The van der Waals surface area contributed by atoms with E-state index >= 15 is 0 Å². The summed E-state index contributed by atoms with van der Waals surface area (Å²) in [6, 6.07) is 10.3. The van der Waals surface area contributed by atoms with Crippen LogP contribution in [0.5, 0.6) is 0 Å². The largest absolute Gasteiger partial charge is 0.322 e. The van der Waals surface area contributed by atoms with Gasteiger partial charge >= 0.3 is 6.03 Å². The molecule has 2 aliphatic rings. The summed E-state index contributed by atoms with van der Waals surface area (Å²) in [6.45, 7) is 5.67. The summed E-state index contributed by atoms with van der Waals surface area (Å²) in [7, 11) is 0. The lowest BCUT2D eigenvalue weighted by Crippen LogP contribution is -2.44. The van der Waals surface area contributed by atoms with Gasteiger partial charge in [-0.05, 0) is 63.3 Å². The van der Waals surface area contributed by atoms with Gasteiger partial charge in [-0.2, -0.15) is 0 Å². The number of benzene rings is 1. The summed E-state index contributed by atoms with van der Waals surface area (Å²) >= 11 is 0. The van der Waals surface area contributed by atoms with Crippen LogP contribution in [0.25, 0.3) is 6.08 Å². The number of carbonyl (C=O) groups is 1. The Bertz CT molecular complexity index is 700. The molecule has 1 heterocycles. The van der Waals surface area contributed by atoms with Crippen molar-refractivity contribution >= 4 is 12.1 Å². The van der Waals surface area contributed by atoms with Crippen molar-refractivity contribution in [2.75, 3.05) is 26.2 Å². The highest BCUT2D eigenvalue weighted by Gasteiger charge is 2.21. The van der Waals surface area contributed by atoms with E-state index in [1.807, 2.05) is 29.2 Å². The summed E-state index contributed by atoms with van der Waals surface area (Å²) in [4.78, 5) is 15.0. The molecular formula is C23H31N3O. The van der Waals surface area contributed by atoms with Gasteiger partial charge in [0.1, 0.15) is 0 Å². The molecule has 0 spiro atoms. The SMILES string of the molecule is CC(=Cc1ccccc1)CN(CC1CCNCC1)C(=O)NC1=CCCC=C1. The van der Waals surface area contributed by atoms with Crippen LogP contribution in [-0.2, 0) is 0 Å². The Balaban J connectivity index is 1.67. The van der Waals surface area contributed by atoms with E-state index in [2.05, 4.69) is 47.9 Å². The normalized spacial score (nSPS) is 18.1. The summed E-state index contributed by atoms with van der Waals surface area (Å²) < 4.78 is 0. The molecule has 0 atom stereocenters. The predicted octanol–water partition coefficient (Wildman–Crippen LogP) is 4.34. The number of nitrogens with zero attached hydrogens (tertiary/aromatic N) is 1. The maximum absolute atomic E-state index is 13.0. The fraction of sp³-hybridized carbons (Fsp3) is 0.435. The zero-order valence-corrected chi connectivity index (χ0v) is 16.3. The average Bonchev–Trinajstić information content (AvgIpc) is 2.70. The van der Waals surface area contributed by atoms with Gasteiger partial charge in [0.05, 0.1) is 0 Å². The van der Waals surface area contributed by atoms with Crippen LogP contribution in [0.1, 0.15) is 38.2 Å². The number of piperidine rings is 1. The average molecular weight is 366 g/mol. The lowest BCUT2D eigenvalue weighted by Gasteiger charge is -2.31. The first-order valence-corrected chi connectivity index (χ1v) is 10.1. The van der Waals surface area contributed by atoms with Gasteiger partial charge in [0.2, 0.25) is 0 Å². The summed E-state index contributed by atoms with van der Waals surface area (Å²) in [5.41, 5.74) is 3.29. The molecule has 3 rings (SSSR count). The van der Waals surface area contributed by atoms with Crippen LogP contribution in [-0.4, -0.2) is 37.1 Å². The number of amides is 2. The van der Waals surface area contributed by atoms with Gasteiger partial charge in [0, 0.05) is 18.8 Å². The molecule has 0 aromatic heterocycles. The molecule has 0 saturated carbocycles. The standard InChI is InChI=1S/C23H31N3O/c1-19(16-20-8-4-2-5-9-20)17-26(18-21-12-14-24-15-13-21)23(27)25-22-10-6-3-7-11-22/h2,4-6,8-11,16,21,24H,3,7,12-15,17-18H2,1H3,(H,25,27). The molecule has 27 heavy (non-hydrogen) atoms. The maximum Gasteiger partial charge on any atom is 0.322 e. The first-order chi connectivity index (χ1) is 13.2. The van der Waals surface area contributed by atoms with E-state index in [4.69, 9.17) is 0 Å². The van der Waals surface area contributed by atoms with E-state index in [1.165, 1.54) is 11.1 Å². The van der Waals surface area contributed by atoms with E-state index in [9.17, 15) is 4.79 Å². The van der Waals surface area contributed by atoms with Gasteiger partial charge in [-0.25, -0.2) is 4.79 Å². The Labute approximate surface area is 163 Å². The topological polar surface area (TPSA) is 44.4 Å². The first kappa shape index (κ1) is 19.4. The Morgan fingerprint density at radius 1 is 1.22 bits per heavy atom. The number of nitrogens with one attached hydrogen (secondary N) is 2. The van der Waals surface area contributed by atoms with Crippen LogP contribution in [0, 0.1) is 5.92 Å². The van der Waals surface area contributed by atoms with Gasteiger partial charge in [0.25, 0.3) is 0 Å². The fourth-order valence-electron chi connectivity index (χ4n) is 3.68. The van der Waals surface area contributed by atoms with Gasteiger partial charge in [-0.3, -0.25) is 0 Å². The molecular weight excluding hydrogens is 334 g/mol. The molecule has 0 unspecified atom stereocenters. The number of hydrogen-bond acceptors (Lipinski definition) is 2. The maximum atomic E-state index is 13.0. The Morgan fingerprint density at radius 2 is 2.00 bits per heavy atom. The first-order valence-electron chi connectivity index (χ1n) is 10.1. The lowest BCUT2D eigenvalue weighted by molar-refractivity contribution is 0.188. The van der Waals surface area contributed by atoms with Gasteiger partial charge in [-0.15, -0.1) is 0 Å². The quantitative estimate of drug-likeness (QED) is 0.788. The Kier molecular flexibility index (Phi) is 7.28. The van der Waals surface area contributed by atoms with E-state index in [1.54, 1.807) is 0 Å². The van der Waals surface area contributed by atoms with Crippen molar-refractivity contribution in [3.05, 3.63) is 65.4 Å². The highest BCUT2D eigenvalue weighted by molar-refractivity contribution is 5.77. The number of hydrogen-bond donors (Lipinski definition) is 2. The molecule has 1 aliphatic carbocycles. The predicted molar refractivity (Wildman–Crippen MR) is 112 cm³/mol. The Hall–Kier alpha value is -2.33. The molecule has 1 aromatic rings. The lowest BCUT2D eigenvalue weighted by atomic mass is 9.97. The number of rotatable bonds is 6. The van der Waals surface area contributed by atoms with Crippen LogP contribution < -0.4 is 10.6 Å². The second-order valence-corrected chi connectivity index (χ2v) is 7.54. The van der Waals surface area contributed by atoms with Gasteiger partial charge in [-0.1, -0.05) is 54.1 Å². The monoisotopic (exact) mass is 365 g/mol. The van der Waals surface area contributed by atoms with E-state index in [0.29, 0.717) is 12.5 Å². The third kappa shape index (κ3) is 6.40. The summed E-state index contributed by atoms with van der Waals surface area (Å²) in [5, 5.41) is 6.50. The van der Waals surface area contributed by atoms with Crippen molar-refractivity contribution in [3.63, 3.8) is 0 Å². The van der Waals surface area contributed by atoms with Crippen LogP contribution in [0.15, 0.2) is 59.8 Å². The van der Waals surface area contributed by atoms with E-state index < -0.39 is 0 Å². The van der Waals surface area contributed by atoms with Crippen molar-refractivity contribution in [1.29, 1.82) is 0 Å². The smallest absolute Gasteiger partial charge is 0.320 e. The van der Waals surface area contributed by atoms with Crippen molar-refractivity contribution < 1.29 is 4.79 Å². The molecule has 1 aromatic carbocycles. The minimum atomic E-state index is 0.00662. The zero-order chi connectivity index (χ0) is 18.9. The minimum absolute atomic E-state index is 0.00662. The molecule has 2 amide bonds. The fourth-order valence-corrected chi connectivity index (χ4v) is 3.68. The van der Waals surface area contributed by atoms with Crippen molar-refractivity contribution in [2.24, 2.45) is 5.92 Å². The summed E-state index contributed by atoms with van der Waals surface area (Å²) in [5.74, 6) is 0.567. The second-order valence-electron chi connectivity index (χ2n) is 7.54. The molecule has 1 fully saturated rings. The van der Waals surface area contributed by atoms with Gasteiger partial charge in [0.15, 0.2) is 0 Å². The number of urea groups is 1. The zero-order valence-electron chi connectivity index (χ0n) is 16.3. The second kappa shape index (κ2) is 10.1. The van der Waals surface area contributed by atoms with Crippen LogP contribution in [0.4, 0.5) is 4.79 Å². The molecule has 4 nitrogen and oxygen atoms in total. The van der Waals surface area contributed by atoms with Crippen molar-refractivity contribution in [1.82, 2.24) is 15.5 Å². The third-order valence-electron chi connectivity index (χ3n) is 5.12. The molecule has 2 N–H and O–H groups in total. The summed E-state index contributed by atoms with van der Waals surface area (Å²) in [6.07, 6.45) is 12.7. The Morgan fingerprint density at radius 3 is 2.70 bits per heavy atom. The highest BCUT2D eigenvalue weighted by atomic mass is 16.2. The van der Waals surface area contributed by atoms with Crippen LogP contribution >= 0.6 is 0 Å². The molecule has 1 saturated heterocycles. The molecule has 0 bridgehead atoms. The van der Waals surface area contributed by atoms with Crippen LogP contribution in [0.2, 0.25) is 0 Å². The molecule has 1 aliphatic heterocycles. The minimum Gasteiger partial charge on any atom is -0.320 e. The number of allylic oxidation sites excluding steroid dienone is 3. The highest BCUT2D eigenvalue weighted by Crippen LogP contribution is 2.16. The van der Waals surface area contributed by atoms with Crippen molar-refractivity contribution in [2.45, 2.75) is 32.6 Å².